The molecule has 0 bridgehead atoms. The minimum Gasteiger partial charge on any atom is -0.272 e. The summed E-state index contributed by atoms with van der Waals surface area (Å²) in [7, 11) is -3.86. The van der Waals surface area contributed by atoms with Crippen LogP contribution in [0.25, 0.3) is 0 Å². The summed E-state index contributed by atoms with van der Waals surface area (Å²) in [6.07, 6.45) is 0. The van der Waals surface area contributed by atoms with Crippen LogP contribution in [0.4, 0.5) is 11.4 Å². The molecule has 1 aromatic carbocycles. The number of nitrogens with one attached hydrogen (secondary N) is 1. The molecule has 1 N–H and O–H groups in total. The van der Waals surface area contributed by atoms with Gasteiger partial charge in [-0.15, -0.1) is 0 Å². The van der Waals surface area contributed by atoms with Gasteiger partial charge in [0.2, 0.25) is 0 Å². The highest BCUT2D eigenvalue weighted by Crippen LogP contribution is 2.23. The van der Waals surface area contributed by atoms with E-state index in [4.69, 9.17) is 0 Å². The molecule has 1 amide bonds. The number of non-ortho nitro benzene ring substituents is 1. The predicted octanol–water partition coefficient (Wildman–Crippen LogP) is -0.224. The second-order valence-corrected chi connectivity index (χ2v) is 4.91. The van der Waals surface area contributed by atoms with Crippen LogP contribution in [0.2, 0.25) is 0 Å². The van der Waals surface area contributed by atoms with Gasteiger partial charge in [-0.25, -0.2) is 9.03 Å². The molecule has 0 saturated carbocycles. The van der Waals surface area contributed by atoms with Crippen LogP contribution in [0.5, 0.6) is 0 Å². The van der Waals surface area contributed by atoms with Crippen LogP contribution < -0.4 is 9.03 Å². The smallest absolute Gasteiger partial charge is 0.272 e. The highest BCUT2D eigenvalue weighted by molar-refractivity contribution is 7.92. The van der Waals surface area contributed by atoms with Crippen molar-refractivity contribution in [2.24, 2.45) is 0 Å². The van der Waals surface area contributed by atoms with Crippen molar-refractivity contribution in [1.82, 2.24) is 4.72 Å². The van der Waals surface area contributed by atoms with Crippen LogP contribution in [0.1, 0.15) is 0 Å². The molecule has 1 aliphatic heterocycles. The Morgan fingerprint density at radius 3 is 2.29 bits per heavy atom. The Morgan fingerprint density at radius 1 is 1.29 bits per heavy atom. The van der Waals surface area contributed by atoms with Gasteiger partial charge in [0.1, 0.15) is 6.54 Å². The number of rotatable bonds is 2. The summed E-state index contributed by atoms with van der Waals surface area (Å²) in [5, 5.41) is 10.4. The zero-order chi connectivity index (χ0) is 12.6. The quantitative estimate of drug-likeness (QED) is 0.581. The number of nitrogens with zero attached hydrogens (tertiary/aromatic N) is 2. The molecular formula is C8H7N3O5S. The van der Waals surface area contributed by atoms with Crippen LogP contribution in [0.3, 0.4) is 0 Å². The number of nitro benzene ring substituents is 1. The fourth-order valence-corrected chi connectivity index (χ4v) is 2.57. The number of nitro groups is 1. The van der Waals surface area contributed by atoms with Gasteiger partial charge in [-0.1, -0.05) is 0 Å². The molecule has 0 aromatic heterocycles. The molecule has 0 unspecified atom stereocenters. The van der Waals surface area contributed by atoms with Gasteiger partial charge in [-0.05, 0) is 12.1 Å². The molecule has 9 heteroatoms. The van der Waals surface area contributed by atoms with Crippen molar-refractivity contribution < 1.29 is 18.1 Å². The summed E-state index contributed by atoms with van der Waals surface area (Å²) in [6.45, 7) is -0.319. The van der Waals surface area contributed by atoms with Crippen molar-refractivity contribution in [3.05, 3.63) is 34.4 Å². The number of carbonyl (C=O) groups is 1. The molecule has 1 saturated heterocycles. The maximum absolute atomic E-state index is 11.5. The lowest BCUT2D eigenvalue weighted by Gasteiger charge is -2.13. The minimum atomic E-state index is -3.86. The lowest BCUT2D eigenvalue weighted by atomic mass is 10.3. The number of amides is 1. The molecule has 0 spiro atoms. The van der Waals surface area contributed by atoms with Crippen molar-refractivity contribution in [2.75, 3.05) is 10.8 Å². The maximum Gasteiger partial charge on any atom is 0.326 e. The second-order valence-electron chi connectivity index (χ2n) is 3.31. The SMILES string of the molecule is O=C1CN(c2ccc([N+](=O)[O-])cc2)S(=O)(=O)N1. The Morgan fingerprint density at radius 2 is 1.88 bits per heavy atom. The minimum absolute atomic E-state index is 0.148. The van der Waals surface area contributed by atoms with Gasteiger partial charge in [-0.3, -0.25) is 14.9 Å². The first-order valence-electron chi connectivity index (χ1n) is 4.48. The number of hydrogen-bond donors (Lipinski definition) is 1. The Balaban J connectivity index is 2.36. The van der Waals surface area contributed by atoms with Crippen molar-refractivity contribution >= 4 is 27.5 Å². The molecule has 90 valence electrons. The van der Waals surface area contributed by atoms with Gasteiger partial charge in [0, 0.05) is 12.1 Å². The first-order chi connectivity index (χ1) is 7.90. The number of hydrogen-bond acceptors (Lipinski definition) is 5. The normalized spacial score (nSPS) is 17.9. The third kappa shape index (κ3) is 2.04. The lowest BCUT2D eigenvalue weighted by molar-refractivity contribution is -0.384. The standard InChI is InChI=1S/C8H7N3O5S/c12-8-5-10(17(15,16)9-8)6-1-3-7(4-2-6)11(13)14/h1-4H,5H2,(H,9,12). The third-order valence-corrected chi connectivity index (χ3v) is 3.57. The Labute approximate surface area is 96.2 Å². The monoisotopic (exact) mass is 257 g/mol. The first-order valence-corrected chi connectivity index (χ1v) is 5.92. The summed E-state index contributed by atoms with van der Waals surface area (Å²) in [4.78, 5) is 20.8. The molecule has 2 rings (SSSR count). The topological polar surface area (TPSA) is 110 Å². The van der Waals surface area contributed by atoms with E-state index in [9.17, 15) is 23.3 Å². The van der Waals surface area contributed by atoms with E-state index in [-0.39, 0.29) is 17.9 Å². The number of anilines is 1. The molecule has 8 nitrogen and oxygen atoms in total. The van der Waals surface area contributed by atoms with E-state index in [0.717, 1.165) is 4.31 Å². The predicted molar refractivity (Wildman–Crippen MR) is 57.5 cm³/mol. The van der Waals surface area contributed by atoms with E-state index in [1.807, 2.05) is 0 Å². The van der Waals surface area contributed by atoms with Crippen LogP contribution >= 0.6 is 0 Å². The van der Waals surface area contributed by atoms with Crippen molar-refractivity contribution in [2.45, 2.75) is 0 Å². The van der Waals surface area contributed by atoms with Crippen LogP contribution in [-0.2, 0) is 15.0 Å². The average molecular weight is 257 g/mol. The molecule has 0 aliphatic carbocycles. The molecule has 0 radical (unpaired) electrons. The molecule has 1 fully saturated rings. The zero-order valence-corrected chi connectivity index (χ0v) is 9.18. The Kier molecular flexibility index (Phi) is 2.46. The maximum atomic E-state index is 11.5. The third-order valence-electron chi connectivity index (χ3n) is 2.17. The van der Waals surface area contributed by atoms with Crippen LogP contribution in [0.15, 0.2) is 24.3 Å². The molecule has 17 heavy (non-hydrogen) atoms. The van der Waals surface area contributed by atoms with Gasteiger partial charge in [0.25, 0.3) is 11.6 Å². The van der Waals surface area contributed by atoms with E-state index >= 15 is 0 Å². The van der Waals surface area contributed by atoms with Gasteiger partial charge in [-0.2, -0.15) is 8.42 Å². The van der Waals surface area contributed by atoms with Gasteiger partial charge in [0.15, 0.2) is 0 Å². The largest absolute Gasteiger partial charge is 0.326 e. The summed E-state index contributed by atoms with van der Waals surface area (Å²) >= 11 is 0. The van der Waals surface area contributed by atoms with E-state index in [0.29, 0.717) is 0 Å². The number of benzene rings is 1. The summed E-state index contributed by atoms with van der Waals surface area (Å²) in [5.41, 5.74) is 0.0542. The molecule has 0 atom stereocenters. The fourth-order valence-electron chi connectivity index (χ4n) is 1.42. The molecule has 1 heterocycles. The van der Waals surface area contributed by atoms with Gasteiger partial charge in [0.05, 0.1) is 10.6 Å². The van der Waals surface area contributed by atoms with Crippen molar-refractivity contribution in [3.8, 4) is 0 Å². The Bertz CT molecular complexity index is 580. The summed E-state index contributed by atoms with van der Waals surface area (Å²) in [6, 6.07) is 4.90. The molecule has 1 aromatic rings. The van der Waals surface area contributed by atoms with Gasteiger partial charge < -0.3 is 0 Å². The van der Waals surface area contributed by atoms with Crippen molar-refractivity contribution in [1.29, 1.82) is 0 Å². The van der Waals surface area contributed by atoms with Gasteiger partial charge >= 0.3 is 10.2 Å². The Hall–Kier alpha value is -2.16. The van der Waals surface area contributed by atoms with Crippen LogP contribution in [-0.4, -0.2) is 25.8 Å². The van der Waals surface area contributed by atoms with Crippen LogP contribution in [0, 0.1) is 10.1 Å². The van der Waals surface area contributed by atoms with Crippen molar-refractivity contribution in [3.63, 3.8) is 0 Å². The van der Waals surface area contributed by atoms with E-state index in [2.05, 4.69) is 0 Å². The summed E-state index contributed by atoms with van der Waals surface area (Å²) in [5.74, 6) is -0.636. The zero-order valence-electron chi connectivity index (χ0n) is 8.36. The highest BCUT2D eigenvalue weighted by Gasteiger charge is 2.33. The van der Waals surface area contributed by atoms with E-state index in [1.54, 1.807) is 4.72 Å². The fraction of sp³-hybridized carbons (Fsp3) is 0.125. The van der Waals surface area contributed by atoms with E-state index in [1.165, 1.54) is 24.3 Å². The lowest BCUT2D eigenvalue weighted by Crippen LogP contribution is -2.29. The number of carbonyl (C=O) groups excluding carboxylic acids is 1. The molecular weight excluding hydrogens is 250 g/mol. The van der Waals surface area contributed by atoms with E-state index < -0.39 is 21.0 Å². The average Bonchev–Trinajstić information content (AvgIpc) is 2.52. The second kappa shape index (κ2) is 3.70. The first kappa shape index (κ1) is 11.3. The molecule has 1 aliphatic rings. The highest BCUT2D eigenvalue weighted by atomic mass is 32.2. The summed E-state index contributed by atoms with van der Waals surface area (Å²) < 4.78 is 25.6.